The Hall–Kier alpha value is -2.27. The first-order chi connectivity index (χ1) is 13.3. The lowest BCUT2D eigenvalue weighted by molar-refractivity contribution is -0.139. The van der Waals surface area contributed by atoms with Crippen molar-refractivity contribution in [2.75, 3.05) is 6.61 Å². The molecule has 0 radical (unpaired) electrons. The lowest BCUT2D eigenvalue weighted by Gasteiger charge is -2.12. The highest BCUT2D eigenvalue weighted by atomic mass is 35.5. The van der Waals surface area contributed by atoms with Crippen LogP contribution in [-0.4, -0.2) is 17.7 Å². The largest absolute Gasteiger partial charge is 0.482 e. The SMILES string of the molecule is O=C(O)COc1cc(Cl)c(Cc2cccc(-c3ccc(F)c(Cl)c3)c2)c(Cl)c1. The Bertz CT molecular complexity index is 1010. The minimum Gasteiger partial charge on any atom is -0.482 e. The monoisotopic (exact) mass is 438 g/mol. The summed E-state index contributed by atoms with van der Waals surface area (Å²) in [5.74, 6) is -1.27. The van der Waals surface area contributed by atoms with E-state index in [2.05, 4.69) is 0 Å². The van der Waals surface area contributed by atoms with Crippen LogP contribution in [0.25, 0.3) is 11.1 Å². The van der Waals surface area contributed by atoms with Gasteiger partial charge in [-0.1, -0.05) is 65.1 Å². The fourth-order valence-electron chi connectivity index (χ4n) is 2.72. The average molecular weight is 440 g/mol. The number of carbonyl (C=O) groups is 1. The quantitative estimate of drug-likeness (QED) is 0.476. The molecule has 3 rings (SSSR count). The Labute approximate surface area is 176 Å². The molecule has 0 aliphatic carbocycles. The van der Waals surface area contributed by atoms with Gasteiger partial charge in [0, 0.05) is 16.5 Å². The van der Waals surface area contributed by atoms with E-state index in [9.17, 15) is 9.18 Å². The maximum Gasteiger partial charge on any atom is 0.341 e. The summed E-state index contributed by atoms with van der Waals surface area (Å²) in [4.78, 5) is 10.6. The summed E-state index contributed by atoms with van der Waals surface area (Å²) in [7, 11) is 0. The number of hydrogen-bond donors (Lipinski definition) is 1. The van der Waals surface area contributed by atoms with Crippen molar-refractivity contribution in [1.82, 2.24) is 0 Å². The van der Waals surface area contributed by atoms with Gasteiger partial charge >= 0.3 is 5.97 Å². The Kier molecular flexibility index (Phi) is 6.45. The minimum absolute atomic E-state index is 0.0611. The number of carboxylic acids is 1. The smallest absolute Gasteiger partial charge is 0.341 e. The third-order valence-corrected chi connectivity index (χ3v) is 5.00. The van der Waals surface area contributed by atoms with Crippen LogP contribution in [0.1, 0.15) is 11.1 Å². The molecule has 3 aromatic carbocycles. The Morgan fingerprint density at radius 2 is 1.61 bits per heavy atom. The summed E-state index contributed by atoms with van der Waals surface area (Å²) in [6.07, 6.45) is 0.458. The van der Waals surface area contributed by atoms with Crippen LogP contribution in [0.2, 0.25) is 15.1 Å². The van der Waals surface area contributed by atoms with Crippen molar-refractivity contribution in [3.63, 3.8) is 0 Å². The van der Waals surface area contributed by atoms with Crippen molar-refractivity contribution in [1.29, 1.82) is 0 Å². The van der Waals surface area contributed by atoms with E-state index in [1.165, 1.54) is 18.2 Å². The summed E-state index contributed by atoms with van der Waals surface area (Å²) in [6, 6.07) is 15.3. The van der Waals surface area contributed by atoms with Crippen LogP contribution >= 0.6 is 34.8 Å². The summed E-state index contributed by atoms with van der Waals surface area (Å²) in [5, 5.41) is 9.51. The molecule has 0 spiro atoms. The first kappa shape index (κ1) is 20.5. The molecule has 0 bridgehead atoms. The molecular weight excluding hydrogens is 426 g/mol. The van der Waals surface area contributed by atoms with Gasteiger partial charge < -0.3 is 9.84 Å². The van der Waals surface area contributed by atoms with E-state index < -0.39 is 18.4 Å². The van der Waals surface area contributed by atoms with E-state index in [1.807, 2.05) is 24.3 Å². The Morgan fingerprint density at radius 1 is 0.929 bits per heavy atom. The zero-order chi connectivity index (χ0) is 20.3. The molecule has 0 unspecified atom stereocenters. The average Bonchev–Trinajstić information content (AvgIpc) is 2.65. The molecule has 3 aromatic rings. The van der Waals surface area contributed by atoms with Gasteiger partial charge in [0.15, 0.2) is 6.61 Å². The van der Waals surface area contributed by atoms with Gasteiger partial charge in [0.25, 0.3) is 0 Å². The first-order valence-corrected chi connectivity index (χ1v) is 9.34. The third-order valence-electron chi connectivity index (χ3n) is 4.04. The summed E-state index contributed by atoms with van der Waals surface area (Å²) < 4.78 is 18.5. The van der Waals surface area contributed by atoms with Crippen molar-refractivity contribution in [2.24, 2.45) is 0 Å². The first-order valence-electron chi connectivity index (χ1n) is 8.20. The summed E-state index contributed by atoms with van der Waals surface area (Å²) in [5.41, 5.74) is 3.32. The van der Waals surface area contributed by atoms with Crippen molar-refractivity contribution >= 4 is 40.8 Å². The van der Waals surface area contributed by atoms with Crippen LogP contribution in [-0.2, 0) is 11.2 Å². The fourth-order valence-corrected chi connectivity index (χ4v) is 3.50. The zero-order valence-corrected chi connectivity index (χ0v) is 16.7. The van der Waals surface area contributed by atoms with E-state index in [-0.39, 0.29) is 10.8 Å². The number of benzene rings is 3. The van der Waals surface area contributed by atoms with Gasteiger partial charge in [-0.25, -0.2) is 9.18 Å². The van der Waals surface area contributed by atoms with E-state index in [0.29, 0.717) is 22.0 Å². The summed E-state index contributed by atoms with van der Waals surface area (Å²) in [6.45, 7) is -0.478. The van der Waals surface area contributed by atoms with Crippen LogP contribution in [0.3, 0.4) is 0 Å². The van der Waals surface area contributed by atoms with Crippen LogP contribution < -0.4 is 4.74 Å². The highest BCUT2D eigenvalue weighted by Crippen LogP contribution is 2.33. The number of rotatable bonds is 6. The van der Waals surface area contributed by atoms with Gasteiger partial charge in [-0.05, 0) is 46.5 Å². The fraction of sp³-hybridized carbons (Fsp3) is 0.0952. The van der Waals surface area contributed by atoms with Gasteiger partial charge in [-0.15, -0.1) is 0 Å². The van der Waals surface area contributed by atoms with Gasteiger partial charge in [-0.3, -0.25) is 0 Å². The van der Waals surface area contributed by atoms with Crippen LogP contribution in [0.15, 0.2) is 54.6 Å². The minimum atomic E-state index is -1.09. The van der Waals surface area contributed by atoms with Gasteiger partial charge in [0.2, 0.25) is 0 Å². The highest BCUT2D eigenvalue weighted by molar-refractivity contribution is 6.36. The van der Waals surface area contributed by atoms with E-state index in [1.54, 1.807) is 12.1 Å². The van der Waals surface area contributed by atoms with Crippen LogP contribution in [0, 0.1) is 5.82 Å². The molecule has 3 nitrogen and oxygen atoms in total. The maximum atomic E-state index is 13.4. The Morgan fingerprint density at radius 3 is 2.25 bits per heavy atom. The standard InChI is InChI=1S/C21H14Cl3FO3/c22-17-9-15(28-11-21(26)27)10-18(23)16(17)7-12-2-1-3-13(6-12)14-4-5-20(25)19(24)8-14/h1-6,8-10H,7,11H2,(H,26,27). The van der Waals surface area contributed by atoms with E-state index >= 15 is 0 Å². The molecule has 144 valence electrons. The number of aliphatic carboxylic acids is 1. The number of halogens is 4. The predicted octanol–water partition coefficient (Wildman–Crippen LogP) is 6.51. The second-order valence-electron chi connectivity index (χ2n) is 6.05. The lowest BCUT2D eigenvalue weighted by Crippen LogP contribution is -2.09. The molecule has 0 amide bonds. The zero-order valence-electron chi connectivity index (χ0n) is 14.4. The second kappa shape index (κ2) is 8.82. The molecule has 0 aromatic heterocycles. The van der Waals surface area contributed by atoms with Crippen LogP contribution in [0.5, 0.6) is 5.75 Å². The molecule has 0 aliphatic rings. The molecule has 0 saturated carbocycles. The molecule has 28 heavy (non-hydrogen) atoms. The topological polar surface area (TPSA) is 46.5 Å². The number of hydrogen-bond acceptors (Lipinski definition) is 2. The third kappa shape index (κ3) is 4.96. The second-order valence-corrected chi connectivity index (χ2v) is 7.28. The molecule has 0 aliphatic heterocycles. The molecule has 7 heteroatoms. The van der Waals surface area contributed by atoms with Crippen LogP contribution in [0.4, 0.5) is 4.39 Å². The van der Waals surface area contributed by atoms with E-state index in [0.717, 1.165) is 16.7 Å². The van der Waals surface area contributed by atoms with Crippen molar-refractivity contribution in [3.05, 3.63) is 86.6 Å². The van der Waals surface area contributed by atoms with Gasteiger partial charge in [0.1, 0.15) is 11.6 Å². The molecule has 0 fully saturated rings. The molecule has 0 heterocycles. The Balaban J connectivity index is 1.86. The molecule has 1 N–H and O–H groups in total. The van der Waals surface area contributed by atoms with Crippen molar-refractivity contribution in [3.8, 4) is 16.9 Å². The van der Waals surface area contributed by atoms with Crippen molar-refractivity contribution < 1.29 is 19.0 Å². The molecular formula is C21H14Cl3FO3. The maximum absolute atomic E-state index is 13.4. The highest BCUT2D eigenvalue weighted by Gasteiger charge is 2.12. The normalized spacial score (nSPS) is 10.7. The molecule has 0 atom stereocenters. The van der Waals surface area contributed by atoms with Gasteiger partial charge in [0.05, 0.1) is 5.02 Å². The molecule has 0 saturated heterocycles. The van der Waals surface area contributed by atoms with Crippen molar-refractivity contribution in [2.45, 2.75) is 6.42 Å². The number of carboxylic acid groups (broad SMARTS) is 1. The number of ether oxygens (including phenoxy) is 1. The lowest BCUT2D eigenvalue weighted by atomic mass is 9.99. The summed E-state index contributed by atoms with van der Waals surface area (Å²) >= 11 is 18.5. The van der Waals surface area contributed by atoms with Gasteiger partial charge in [-0.2, -0.15) is 0 Å². The van der Waals surface area contributed by atoms with E-state index in [4.69, 9.17) is 44.6 Å². The predicted molar refractivity (Wildman–Crippen MR) is 109 cm³/mol.